The van der Waals surface area contributed by atoms with Crippen molar-refractivity contribution in [3.05, 3.63) is 29.8 Å². The van der Waals surface area contributed by atoms with E-state index in [-0.39, 0.29) is 36.6 Å². The largest absolute Gasteiger partial charge is 0.493 e. The van der Waals surface area contributed by atoms with Gasteiger partial charge in [-0.2, -0.15) is 0 Å². The van der Waals surface area contributed by atoms with Crippen molar-refractivity contribution in [2.45, 2.75) is 44.2 Å². The van der Waals surface area contributed by atoms with Gasteiger partial charge >= 0.3 is 5.97 Å². The number of rotatable bonds is 14. The van der Waals surface area contributed by atoms with E-state index in [4.69, 9.17) is 21.3 Å². The van der Waals surface area contributed by atoms with Gasteiger partial charge in [0.2, 0.25) is 11.8 Å². The van der Waals surface area contributed by atoms with Crippen LogP contribution in [0.2, 0.25) is 0 Å². The van der Waals surface area contributed by atoms with Gasteiger partial charge in [0.15, 0.2) is 0 Å². The zero-order chi connectivity index (χ0) is 24.0. The van der Waals surface area contributed by atoms with Gasteiger partial charge in [0.1, 0.15) is 12.3 Å². The molecule has 0 bridgehead atoms. The number of likely N-dealkylation sites (N-methyl/N-ethyl adjacent to an activating group) is 1. The van der Waals surface area contributed by atoms with E-state index in [0.29, 0.717) is 18.9 Å². The highest BCUT2D eigenvalue weighted by molar-refractivity contribution is 5.83. The molecule has 0 heterocycles. The highest BCUT2D eigenvalue weighted by Crippen LogP contribution is 2.41. The lowest BCUT2D eigenvalue weighted by Gasteiger charge is -2.23. The molecule has 0 aromatic heterocycles. The molecule has 0 radical (unpaired) electrons. The molecule has 2 fully saturated rings. The molecule has 0 unspecified atom stereocenters. The Balaban J connectivity index is 1.50. The van der Waals surface area contributed by atoms with Crippen LogP contribution in [0.4, 0.5) is 0 Å². The van der Waals surface area contributed by atoms with Crippen molar-refractivity contribution in [2.75, 3.05) is 26.7 Å². The van der Waals surface area contributed by atoms with E-state index >= 15 is 0 Å². The van der Waals surface area contributed by atoms with Gasteiger partial charge < -0.3 is 26.6 Å². The number of carboxylic acids is 1. The van der Waals surface area contributed by atoms with Crippen LogP contribution in [-0.2, 0) is 20.8 Å². The number of ether oxygens (including phenoxy) is 1. The summed E-state index contributed by atoms with van der Waals surface area (Å²) in [6, 6.07) is 6.42. The van der Waals surface area contributed by atoms with Gasteiger partial charge in [0.05, 0.1) is 12.6 Å². The first-order valence-electron chi connectivity index (χ1n) is 11.4. The maximum Gasteiger partial charge on any atom is 0.319 e. The number of carbonyl (C=O) groups excluding carboxylic acids is 2. The summed E-state index contributed by atoms with van der Waals surface area (Å²) < 4.78 is 5.73. The maximum atomic E-state index is 12.8. The molecule has 7 N–H and O–H groups in total. The van der Waals surface area contributed by atoms with Gasteiger partial charge in [-0.25, -0.2) is 5.01 Å². The third kappa shape index (κ3) is 8.30. The van der Waals surface area contributed by atoms with Crippen LogP contribution in [0.5, 0.6) is 5.75 Å². The zero-order valence-corrected chi connectivity index (χ0v) is 19.0. The van der Waals surface area contributed by atoms with Crippen molar-refractivity contribution in [1.29, 1.82) is 0 Å². The van der Waals surface area contributed by atoms with E-state index in [2.05, 4.69) is 10.7 Å². The molecule has 0 saturated heterocycles. The summed E-state index contributed by atoms with van der Waals surface area (Å²) in [6.07, 6.45) is 3.68. The van der Waals surface area contributed by atoms with Crippen LogP contribution in [0.3, 0.4) is 0 Å². The molecule has 2 aliphatic carbocycles. The fraction of sp³-hybridized carbons (Fsp3) is 0.609. The Morgan fingerprint density at radius 2 is 1.94 bits per heavy atom. The van der Waals surface area contributed by atoms with Crippen molar-refractivity contribution in [3.63, 3.8) is 0 Å². The lowest BCUT2D eigenvalue weighted by molar-refractivity contribution is -0.139. The Morgan fingerprint density at radius 1 is 1.24 bits per heavy atom. The van der Waals surface area contributed by atoms with Gasteiger partial charge in [-0.05, 0) is 67.7 Å². The van der Waals surface area contributed by atoms with Crippen molar-refractivity contribution in [2.24, 2.45) is 29.2 Å². The number of amides is 2. The Morgan fingerprint density at radius 3 is 2.52 bits per heavy atom. The number of benzene rings is 1. The Labute approximate surface area is 194 Å². The second-order valence-corrected chi connectivity index (χ2v) is 9.21. The summed E-state index contributed by atoms with van der Waals surface area (Å²) in [5.41, 5.74) is 15.3. The van der Waals surface area contributed by atoms with E-state index < -0.39 is 18.1 Å². The van der Waals surface area contributed by atoms with E-state index in [1.165, 1.54) is 24.9 Å². The first-order chi connectivity index (χ1) is 15.7. The number of carbonyl (C=O) groups is 3. The fourth-order valence-electron chi connectivity index (χ4n) is 3.90. The molecular formula is C23H35N5O5. The molecule has 10 nitrogen and oxygen atoms in total. The van der Waals surface area contributed by atoms with Gasteiger partial charge in [0, 0.05) is 19.5 Å². The summed E-state index contributed by atoms with van der Waals surface area (Å²) in [5.74, 6) is 0.0831. The van der Waals surface area contributed by atoms with Crippen LogP contribution in [0, 0.1) is 17.8 Å². The molecule has 0 spiro atoms. The number of hydrogen-bond donors (Lipinski definition) is 5. The minimum absolute atomic E-state index is 0.0244. The molecule has 33 heavy (non-hydrogen) atoms. The third-order valence-electron chi connectivity index (χ3n) is 6.12. The smallest absolute Gasteiger partial charge is 0.319 e. The van der Waals surface area contributed by atoms with Gasteiger partial charge in [-0.15, -0.1) is 0 Å². The number of aliphatic carboxylic acids is 1. The summed E-state index contributed by atoms with van der Waals surface area (Å²) in [4.78, 5) is 35.9. The molecule has 1 aromatic carbocycles. The van der Waals surface area contributed by atoms with E-state index in [1.807, 2.05) is 24.3 Å². The van der Waals surface area contributed by atoms with E-state index in [0.717, 1.165) is 24.3 Å². The average molecular weight is 462 g/mol. The molecule has 10 heteroatoms. The Bertz CT molecular complexity index is 829. The molecule has 182 valence electrons. The number of nitrogens with two attached hydrogens (primary N) is 2. The maximum absolute atomic E-state index is 12.8. The highest BCUT2D eigenvalue weighted by atomic mass is 16.5. The molecule has 2 aliphatic rings. The van der Waals surface area contributed by atoms with Crippen LogP contribution in [0.1, 0.15) is 31.2 Å². The number of nitrogens with zero attached hydrogens (tertiary/aromatic N) is 1. The van der Waals surface area contributed by atoms with Crippen molar-refractivity contribution in [1.82, 2.24) is 15.8 Å². The number of carboxylic acid groups (broad SMARTS) is 1. The molecule has 4 atom stereocenters. The summed E-state index contributed by atoms with van der Waals surface area (Å²) in [5, 5.41) is 12.9. The highest BCUT2D eigenvalue weighted by Gasteiger charge is 2.43. The minimum atomic E-state index is -1.05. The fourth-order valence-corrected chi connectivity index (χ4v) is 3.90. The first-order valence-corrected chi connectivity index (χ1v) is 11.4. The normalized spacial score (nSPS) is 21.2. The van der Waals surface area contributed by atoms with Gasteiger partial charge in [-0.1, -0.05) is 12.1 Å². The van der Waals surface area contributed by atoms with Crippen LogP contribution >= 0.6 is 0 Å². The number of nitrogens with one attached hydrogen (secondary N) is 2. The quantitative estimate of drug-likeness (QED) is 0.239. The van der Waals surface area contributed by atoms with Crippen molar-refractivity contribution >= 4 is 17.8 Å². The molecule has 2 amide bonds. The zero-order valence-electron chi connectivity index (χ0n) is 19.0. The second-order valence-electron chi connectivity index (χ2n) is 9.21. The predicted molar refractivity (Wildman–Crippen MR) is 122 cm³/mol. The van der Waals surface area contributed by atoms with E-state index in [9.17, 15) is 14.4 Å². The van der Waals surface area contributed by atoms with E-state index in [1.54, 1.807) is 0 Å². The third-order valence-corrected chi connectivity index (χ3v) is 6.12. The lowest BCUT2D eigenvalue weighted by Crippen LogP contribution is -2.50. The molecule has 2 saturated carbocycles. The van der Waals surface area contributed by atoms with Crippen LogP contribution < -0.4 is 26.9 Å². The molecule has 3 rings (SSSR count). The monoisotopic (exact) mass is 461 g/mol. The average Bonchev–Trinajstić information content (AvgIpc) is 3.66. The van der Waals surface area contributed by atoms with Gasteiger partial charge in [-0.3, -0.25) is 19.8 Å². The first kappa shape index (κ1) is 24.9. The van der Waals surface area contributed by atoms with Crippen LogP contribution in [0.15, 0.2) is 24.3 Å². The second kappa shape index (κ2) is 11.4. The minimum Gasteiger partial charge on any atom is -0.493 e. The SMILES string of the molecule is CN(CC(=O)O)NC(=O)C[C@@H](NC(=O)[C@@H](N)Cc1ccc(OCC2CC2)cc1)[C@H]1C[C@H]1CN. The molecule has 0 aliphatic heterocycles. The van der Waals surface area contributed by atoms with Crippen molar-refractivity contribution in [3.8, 4) is 5.75 Å². The van der Waals surface area contributed by atoms with Crippen molar-refractivity contribution < 1.29 is 24.2 Å². The van der Waals surface area contributed by atoms with Crippen LogP contribution in [0.25, 0.3) is 0 Å². The standard InChI is InChI=1S/C23H35N5O5/c1-28(12-22(30)31)27-21(29)10-20(18-9-16(18)11-24)26-23(32)19(25)8-14-4-6-17(7-5-14)33-13-15-2-3-15/h4-7,15-16,18-20H,2-3,8-13,24-25H2,1H3,(H,26,32)(H,27,29)(H,30,31)/t16-,18-,19-,20+/m0/s1. The Hall–Kier alpha value is -2.69. The number of hydrazine groups is 1. The number of hydrogen-bond acceptors (Lipinski definition) is 7. The molecular weight excluding hydrogens is 426 g/mol. The van der Waals surface area contributed by atoms with Crippen LogP contribution in [-0.4, -0.2) is 66.7 Å². The summed E-state index contributed by atoms with van der Waals surface area (Å²) >= 11 is 0. The molecule has 1 aromatic rings. The predicted octanol–water partition coefficient (Wildman–Crippen LogP) is -0.137. The van der Waals surface area contributed by atoms with Gasteiger partial charge in [0.25, 0.3) is 0 Å². The summed E-state index contributed by atoms with van der Waals surface area (Å²) in [6.45, 7) is 0.902. The summed E-state index contributed by atoms with van der Waals surface area (Å²) in [7, 11) is 1.47. The lowest BCUT2D eigenvalue weighted by atomic mass is 10.0. The Kier molecular flexibility index (Phi) is 8.65. The topological polar surface area (TPSA) is 160 Å².